The molecule has 0 bridgehead atoms. The number of aromatic nitrogens is 2. The molecule has 1 aromatic heterocycles. The molecule has 0 saturated heterocycles. The predicted molar refractivity (Wildman–Crippen MR) is 75.9 cm³/mol. The molecule has 1 fully saturated rings. The molecule has 1 aromatic carbocycles. The van der Waals surface area contributed by atoms with Crippen molar-refractivity contribution in [3.05, 3.63) is 38.7 Å². The van der Waals surface area contributed by atoms with E-state index in [1.165, 1.54) is 12.5 Å². The quantitative estimate of drug-likeness (QED) is 0.675. The lowest BCUT2D eigenvalue weighted by Gasteiger charge is -2.35. The monoisotopic (exact) mass is 275 g/mol. The van der Waals surface area contributed by atoms with Crippen LogP contribution in [0.15, 0.2) is 23.0 Å². The zero-order valence-electron chi connectivity index (χ0n) is 11.4. The number of para-hydroxylation sites is 1. The third-order valence-corrected chi connectivity index (χ3v) is 4.36. The van der Waals surface area contributed by atoms with E-state index in [1.807, 2.05) is 0 Å². The Morgan fingerprint density at radius 3 is 2.65 bits per heavy atom. The molecule has 20 heavy (non-hydrogen) atoms. The second-order valence-corrected chi connectivity index (χ2v) is 5.76. The standard InChI is InChI=1S/C14H17N3O3/c1-14(8-3-2-4-9-14)16-12-10(13(18)15-16)6-5-7-11(12)17(19)20/h5-7H,2-4,8-9H2,1H3,(H,15,18). The van der Waals surface area contributed by atoms with E-state index in [-0.39, 0.29) is 16.8 Å². The summed E-state index contributed by atoms with van der Waals surface area (Å²) in [4.78, 5) is 22.9. The van der Waals surface area contributed by atoms with Gasteiger partial charge in [0, 0.05) is 6.07 Å². The van der Waals surface area contributed by atoms with Crippen molar-refractivity contribution >= 4 is 16.6 Å². The fourth-order valence-corrected chi connectivity index (χ4v) is 3.26. The van der Waals surface area contributed by atoms with Crippen LogP contribution in [-0.4, -0.2) is 14.7 Å². The number of rotatable bonds is 2. The normalized spacial score (nSPS) is 18.2. The zero-order valence-corrected chi connectivity index (χ0v) is 11.4. The first-order valence-electron chi connectivity index (χ1n) is 6.91. The van der Waals surface area contributed by atoms with Crippen molar-refractivity contribution in [2.24, 2.45) is 0 Å². The Bertz CT molecular complexity index is 723. The van der Waals surface area contributed by atoms with E-state index in [2.05, 4.69) is 12.0 Å². The highest BCUT2D eigenvalue weighted by molar-refractivity contribution is 5.87. The summed E-state index contributed by atoms with van der Waals surface area (Å²) in [5.41, 5.74) is -0.0827. The first kappa shape index (κ1) is 12.9. The Kier molecular flexibility index (Phi) is 2.88. The lowest BCUT2D eigenvalue weighted by molar-refractivity contribution is -0.383. The number of nitrogens with zero attached hydrogens (tertiary/aromatic N) is 2. The number of hydrogen-bond acceptors (Lipinski definition) is 3. The Morgan fingerprint density at radius 1 is 1.30 bits per heavy atom. The first-order valence-corrected chi connectivity index (χ1v) is 6.91. The molecular formula is C14H17N3O3. The van der Waals surface area contributed by atoms with Crippen LogP contribution < -0.4 is 5.56 Å². The van der Waals surface area contributed by atoms with Gasteiger partial charge in [0.1, 0.15) is 5.52 Å². The molecule has 1 saturated carbocycles. The van der Waals surface area contributed by atoms with Gasteiger partial charge in [-0.15, -0.1) is 0 Å². The van der Waals surface area contributed by atoms with Gasteiger partial charge in [0.05, 0.1) is 15.8 Å². The lowest BCUT2D eigenvalue weighted by Crippen LogP contribution is -2.34. The van der Waals surface area contributed by atoms with Crippen LogP contribution in [0.25, 0.3) is 10.9 Å². The van der Waals surface area contributed by atoms with E-state index in [4.69, 9.17) is 0 Å². The van der Waals surface area contributed by atoms with Crippen LogP contribution >= 0.6 is 0 Å². The van der Waals surface area contributed by atoms with Crippen LogP contribution in [0.5, 0.6) is 0 Å². The summed E-state index contributed by atoms with van der Waals surface area (Å²) >= 11 is 0. The van der Waals surface area contributed by atoms with Gasteiger partial charge in [-0.25, -0.2) is 0 Å². The third kappa shape index (κ3) is 1.83. The molecule has 6 heteroatoms. The Labute approximate surface area is 115 Å². The summed E-state index contributed by atoms with van der Waals surface area (Å²) in [5, 5.41) is 14.4. The number of nitro groups is 1. The van der Waals surface area contributed by atoms with Crippen LogP contribution in [-0.2, 0) is 5.54 Å². The topological polar surface area (TPSA) is 80.9 Å². The SMILES string of the molecule is CC1(n2[nH]c(=O)c3cccc([N+](=O)[O-])c32)CCCCC1. The Hall–Kier alpha value is -2.11. The van der Waals surface area contributed by atoms with E-state index in [9.17, 15) is 14.9 Å². The van der Waals surface area contributed by atoms with Crippen molar-refractivity contribution in [2.45, 2.75) is 44.6 Å². The van der Waals surface area contributed by atoms with E-state index in [0.29, 0.717) is 10.9 Å². The maximum absolute atomic E-state index is 12.1. The van der Waals surface area contributed by atoms with E-state index < -0.39 is 4.92 Å². The number of benzene rings is 1. The maximum atomic E-state index is 12.1. The summed E-state index contributed by atoms with van der Waals surface area (Å²) in [5.74, 6) is 0. The van der Waals surface area contributed by atoms with Gasteiger partial charge in [-0.2, -0.15) is 0 Å². The van der Waals surface area contributed by atoms with Gasteiger partial charge < -0.3 is 0 Å². The van der Waals surface area contributed by atoms with Gasteiger partial charge >= 0.3 is 0 Å². The molecule has 1 aliphatic carbocycles. The van der Waals surface area contributed by atoms with Crippen LogP contribution in [0.1, 0.15) is 39.0 Å². The van der Waals surface area contributed by atoms with Gasteiger partial charge in [-0.3, -0.25) is 24.7 Å². The molecule has 0 aliphatic heterocycles. The van der Waals surface area contributed by atoms with Crippen molar-refractivity contribution in [3.63, 3.8) is 0 Å². The van der Waals surface area contributed by atoms with Crippen LogP contribution in [0.2, 0.25) is 0 Å². The van der Waals surface area contributed by atoms with Crippen LogP contribution in [0, 0.1) is 10.1 Å². The number of fused-ring (bicyclic) bond motifs is 1. The minimum Gasteiger partial charge on any atom is -0.272 e. The molecule has 0 spiro atoms. The molecule has 2 aromatic rings. The fourth-order valence-electron chi connectivity index (χ4n) is 3.26. The Morgan fingerprint density at radius 2 is 2.00 bits per heavy atom. The molecule has 1 N–H and O–H groups in total. The average Bonchev–Trinajstić information content (AvgIpc) is 2.78. The first-order chi connectivity index (χ1) is 9.53. The second kappa shape index (κ2) is 4.47. The van der Waals surface area contributed by atoms with Gasteiger partial charge in [0.2, 0.25) is 0 Å². The number of H-pyrrole nitrogens is 1. The molecule has 0 atom stereocenters. The molecule has 0 radical (unpaired) electrons. The molecule has 0 unspecified atom stereocenters. The minimum atomic E-state index is -0.418. The highest BCUT2D eigenvalue weighted by atomic mass is 16.6. The molecule has 1 heterocycles. The van der Waals surface area contributed by atoms with Crippen molar-refractivity contribution in [1.82, 2.24) is 9.78 Å². The summed E-state index contributed by atoms with van der Waals surface area (Å²) < 4.78 is 1.74. The Balaban J connectivity index is 2.30. The zero-order chi connectivity index (χ0) is 14.3. The highest BCUT2D eigenvalue weighted by Crippen LogP contribution is 2.37. The number of hydrogen-bond donors (Lipinski definition) is 1. The molecule has 6 nitrogen and oxygen atoms in total. The molecule has 106 valence electrons. The summed E-state index contributed by atoms with van der Waals surface area (Å²) in [6.07, 6.45) is 5.20. The highest BCUT2D eigenvalue weighted by Gasteiger charge is 2.33. The summed E-state index contributed by atoms with van der Waals surface area (Å²) in [6, 6.07) is 4.66. The van der Waals surface area contributed by atoms with Crippen molar-refractivity contribution in [1.29, 1.82) is 0 Å². The number of nitrogens with one attached hydrogen (secondary N) is 1. The molecular weight excluding hydrogens is 258 g/mol. The average molecular weight is 275 g/mol. The van der Waals surface area contributed by atoms with Gasteiger partial charge in [0.25, 0.3) is 11.2 Å². The van der Waals surface area contributed by atoms with Crippen molar-refractivity contribution in [2.75, 3.05) is 0 Å². The minimum absolute atomic E-state index is 0.00681. The molecule has 3 rings (SSSR count). The van der Waals surface area contributed by atoms with E-state index >= 15 is 0 Å². The predicted octanol–water partition coefficient (Wildman–Crippen LogP) is 2.92. The summed E-state index contributed by atoms with van der Waals surface area (Å²) in [6.45, 7) is 2.07. The van der Waals surface area contributed by atoms with Gasteiger partial charge in [-0.05, 0) is 25.8 Å². The largest absolute Gasteiger partial charge is 0.295 e. The number of non-ortho nitro benzene ring substituents is 1. The van der Waals surface area contributed by atoms with Gasteiger partial charge in [-0.1, -0.05) is 25.3 Å². The smallest absolute Gasteiger partial charge is 0.272 e. The van der Waals surface area contributed by atoms with Crippen LogP contribution in [0.3, 0.4) is 0 Å². The van der Waals surface area contributed by atoms with E-state index in [0.717, 1.165) is 25.7 Å². The van der Waals surface area contributed by atoms with Crippen molar-refractivity contribution in [3.8, 4) is 0 Å². The third-order valence-electron chi connectivity index (χ3n) is 4.36. The number of nitro benzene ring substituents is 1. The van der Waals surface area contributed by atoms with Gasteiger partial charge in [0.15, 0.2) is 0 Å². The fraction of sp³-hybridized carbons (Fsp3) is 0.500. The maximum Gasteiger partial charge on any atom is 0.295 e. The lowest BCUT2D eigenvalue weighted by atomic mass is 9.83. The van der Waals surface area contributed by atoms with Crippen LogP contribution in [0.4, 0.5) is 5.69 Å². The second-order valence-electron chi connectivity index (χ2n) is 5.76. The number of aromatic amines is 1. The molecule has 1 aliphatic rings. The van der Waals surface area contributed by atoms with E-state index in [1.54, 1.807) is 16.8 Å². The van der Waals surface area contributed by atoms with Crippen molar-refractivity contribution < 1.29 is 4.92 Å². The molecule has 0 amide bonds. The summed E-state index contributed by atoms with van der Waals surface area (Å²) in [7, 11) is 0.